The third-order valence-corrected chi connectivity index (χ3v) is 7.46. The first-order valence-corrected chi connectivity index (χ1v) is 11.1. The fraction of sp³-hybridized carbons (Fsp3) is 0.200. The van der Waals surface area contributed by atoms with Crippen LogP contribution in [-0.4, -0.2) is 0 Å². The van der Waals surface area contributed by atoms with Crippen molar-refractivity contribution < 1.29 is 0 Å². The van der Waals surface area contributed by atoms with Crippen molar-refractivity contribution in [2.24, 2.45) is 0 Å². The van der Waals surface area contributed by atoms with E-state index in [2.05, 4.69) is 118 Å². The second-order valence-corrected chi connectivity index (χ2v) is 9.99. The maximum atomic E-state index is 3.69. The number of hydrogen-bond acceptors (Lipinski definition) is 1. The van der Waals surface area contributed by atoms with Crippen LogP contribution in [0.5, 0.6) is 0 Å². The molecule has 0 unspecified atom stereocenters. The number of hydrogen-bond donors (Lipinski definition) is 1. The summed E-state index contributed by atoms with van der Waals surface area (Å²) in [7, 11) is 0. The molecule has 1 heteroatoms. The van der Waals surface area contributed by atoms with Crippen molar-refractivity contribution in [2.75, 3.05) is 5.32 Å². The first kappa shape index (κ1) is 18.4. The molecule has 0 fully saturated rings. The van der Waals surface area contributed by atoms with Crippen molar-refractivity contribution in [3.63, 3.8) is 0 Å². The third kappa shape index (κ3) is 2.50. The molecule has 0 heterocycles. The largest absolute Gasteiger partial charge is 0.356 e. The Morgan fingerprint density at radius 1 is 0.452 bits per heavy atom. The van der Waals surface area contributed by atoms with Crippen molar-refractivity contribution in [1.82, 2.24) is 0 Å². The predicted octanol–water partition coefficient (Wildman–Crippen LogP) is 8.04. The molecule has 2 aliphatic carbocycles. The standard InChI is InChI=1S/C30H27N/c1-29(2)25-11-7-5-9-21(25)23-15-13-19(17-27(23)29)31-20-14-16-24-22-10-6-8-12-26(22)30(3,4)28(24)18-20/h5-18,31H,1-4H3. The average molecular weight is 402 g/mol. The van der Waals surface area contributed by atoms with Gasteiger partial charge in [-0.05, 0) is 68.8 Å². The van der Waals surface area contributed by atoms with Crippen LogP contribution in [0, 0.1) is 0 Å². The van der Waals surface area contributed by atoms with Crippen LogP contribution < -0.4 is 5.32 Å². The Bertz CT molecular complexity index is 1250. The lowest BCUT2D eigenvalue weighted by molar-refractivity contribution is 0.660. The molecule has 6 rings (SSSR count). The summed E-state index contributed by atoms with van der Waals surface area (Å²) in [6, 6.07) is 31.3. The van der Waals surface area contributed by atoms with E-state index in [9.17, 15) is 0 Å². The molecule has 0 saturated heterocycles. The maximum absolute atomic E-state index is 3.69. The minimum Gasteiger partial charge on any atom is -0.356 e. The zero-order valence-electron chi connectivity index (χ0n) is 18.6. The van der Waals surface area contributed by atoms with Crippen molar-refractivity contribution in [1.29, 1.82) is 0 Å². The fourth-order valence-electron chi connectivity index (χ4n) is 5.73. The number of fused-ring (bicyclic) bond motifs is 6. The molecule has 2 aliphatic rings. The van der Waals surface area contributed by atoms with Crippen LogP contribution in [-0.2, 0) is 10.8 Å². The molecular weight excluding hydrogens is 374 g/mol. The molecule has 1 N–H and O–H groups in total. The summed E-state index contributed by atoms with van der Waals surface area (Å²) in [6.07, 6.45) is 0. The van der Waals surface area contributed by atoms with Gasteiger partial charge in [0.05, 0.1) is 0 Å². The van der Waals surface area contributed by atoms with Gasteiger partial charge in [0.15, 0.2) is 0 Å². The fourth-order valence-corrected chi connectivity index (χ4v) is 5.73. The topological polar surface area (TPSA) is 12.0 Å². The molecule has 0 bridgehead atoms. The highest BCUT2D eigenvalue weighted by Crippen LogP contribution is 2.51. The first-order chi connectivity index (χ1) is 14.9. The summed E-state index contributed by atoms with van der Waals surface area (Å²) in [4.78, 5) is 0. The van der Waals surface area contributed by atoms with Crippen molar-refractivity contribution >= 4 is 11.4 Å². The summed E-state index contributed by atoms with van der Waals surface area (Å²) in [5.74, 6) is 0. The smallest absolute Gasteiger partial charge is 0.0387 e. The van der Waals surface area contributed by atoms with E-state index >= 15 is 0 Å². The molecule has 31 heavy (non-hydrogen) atoms. The molecular formula is C30H27N. The van der Waals surface area contributed by atoms with Crippen molar-refractivity contribution in [3.8, 4) is 22.3 Å². The number of benzene rings is 4. The zero-order chi connectivity index (χ0) is 21.4. The van der Waals surface area contributed by atoms with E-state index in [1.54, 1.807) is 0 Å². The van der Waals surface area contributed by atoms with E-state index in [1.165, 1.54) is 44.5 Å². The third-order valence-electron chi connectivity index (χ3n) is 7.46. The zero-order valence-corrected chi connectivity index (χ0v) is 18.6. The second-order valence-electron chi connectivity index (χ2n) is 9.99. The molecule has 0 atom stereocenters. The molecule has 152 valence electrons. The van der Waals surface area contributed by atoms with Crippen LogP contribution in [0.4, 0.5) is 11.4 Å². The Kier molecular flexibility index (Phi) is 3.63. The van der Waals surface area contributed by atoms with Crippen LogP contribution in [0.2, 0.25) is 0 Å². The first-order valence-electron chi connectivity index (χ1n) is 11.1. The van der Waals surface area contributed by atoms with Gasteiger partial charge < -0.3 is 5.32 Å². The molecule has 0 amide bonds. The molecule has 0 radical (unpaired) electrons. The van der Waals surface area contributed by atoms with Gasteiger partial charge in [-0.1, -0.05) is 88.4 Å². The second kappa shape index (κ2) is 6.11. The Labute approximate surface area is 184 Å². The molecule has 0 spiro atoms. The number of anilines is 2. The van der Waals surface area contributed by atoms with E-state index in [-0.39, 0.29) is 10.8 Å². The molecule has 0 aliphatic heterocycles. The number of nitrogens with one attached hydrogen (secondary N) is 1. The predicted molar refractivity (Wildman–Crippen MR) is 131 cm³/mol. The average Bonchev–Trinajstić information content (AvgIpc) is 3.14. The van der Waals surface area contributed by atoms with Crippen LogP contribution in [0.3, 0.4) is 0 Å². The highest BCUT2D eigenvalue weighted by atomic mass is 14.9. The molecule has 0 aromatic heterocycles. The lowest BCUT2D eigenvalue weighted by Gasteiger charge is -2.23. The quantitative estimate of drug-likeness (QED) is 0.358. The normalized spacial score (nSPS) is 16.3. The van der Waals surface area contributed by atoms with Crippen LogP contribution >= 0.6 is 0 Å². The van der Waals surface area contributed by atoms with Gasteiger partial charge in [0.2, 0.25) is 0 Å². The summed E-state index contributed by atoms with van der Waals surface area (Å²) in [6.45, 7) is 9.32. The Balaban J connectivity index is 1.39. The summed E-state index contributed by atoms with van der Waals surface area (Å²) in [5, 5.41) is 3.69. The van der Waals surface area contributed by atoms with Gasteiger partial charge in [-0.3, -0.25) is 0 Å². The monoisotopic (exact) mass is 401 g/mol. The highest BCUT2D eigenvalue weighted by molar-refractivity contribution is 5.85. The van der Waals surface area contributed by atoms with Gasteiger partial charge in [-0.15, -0.1) is 0 Å². The van der Waals surface area contributed by atoms with Crippen LogP contribution in [0.1, 0.15) is 49.9 Å². The van der Waals surface area contributed by atoms with E-state index < -0.39 is 0 Å². The summed E-state index contributed by atoms with van der Waals surface area (Å²) in [5.41, 5.74) is 13.4. The minimum absolute atomic E-state index is 0.0190. The maximum Gasteiger partial charge on any atom is 0.0387 e. The Morgan fingerprint density at radius 2 is 0.839 bits per heavy atom. The van der Waals surface area contributed by atoms with Crippen LogP contribution in [0.15, 0.2) is 84.9 Å². The van der Waals surface area contributed by atoms with E-state index in [1.807, 2.05) is 0 Å². The van der Waals surface area contributed by atoms with E-state index in [4.69, 9.17) is 0 Å². The SMILES string of the molecule is CC1(C)c2ccccc2-c2ccc(Nc3ccc4c(c3)C(C)(C)c3ccccc3-4)cc21. The van der Waals surface area contributed by atoms with Gasteiger partial charge in [-0.25, -0.2) is 0 Å². The van der Waals surface area contributed by atoms with Gasteiger partial charge >= 0.3 is 0 Å². The summed E-state index contributed by atoms with van der Waals surface area (Å²) < 4.78 is 0. The molecule has 4 aromatic rings. The van der Waals surface area contributed by atoms with Crippen molar-refractivity contribution in [2.45, 2.75) is 38.5 Å². The lowest BCUT2D eigenvalue weighted by atomic mass is 9.82. The van der Waals surface area contributed by atoms with Crippen LogP contribution in [0.25, 0.3) is 22.3 Å². The van der Waals surface area contributed by atoms with Gasteiger partial charge in [0, 0.05) is 22.2 Å². The molecule has 1 nitrogen and oxygen atoms in total. The van der Waals surface area contributed by atoms with Gasteiger partial charge in [0.1, 0.15) is 0 Å². The highest BCUT2D eigenvalue weighted by Gasteiger charge is 2.36. The Morgan fingerprint density at radius 3 is 1.29 bits per heavy atom. The van der Waals surface area contributed by atoms with Gasteiger partial charge in [-0.2, -0.15) is 0 Å². The van der Waals surface area contributed by atoms with E-state index in [0.717, 1.165) is 11.4 Å². The van der Waals surface area contributed by atoms with Gasteiger partial charge in [0.25, 0.3) is 0 Å². The van der Waals surface area contributed by atoms with E-state index in [0.29, 0.717) is 0 Å². The minimum atomic E-state index is 0.0190. The lowest BCUT2D eigenvalue weighted by Crippen LogP contribution is -2.15. The Hall–Kier alpha value is -3.32. The van der Waals surface area contributed by atoms with Crippen molar-refractivity contribution in [3.05, 3.63) is 107 Å². The number of rotatable bonds is 2. The molecule has 0 saturated carbocycles. The summed E-state index contributed by atoms with van der Waals surface area (Å²) >= 11 is 0. The molecule has 4 aromatic carbocycles.